The van der Waals surface area contributed by atoms with E-state index in [2.05, 4.69) is 11.9 Å². The van der Waals surface area contributed by atoms with Crippen LogP contribution in [0.15, 0.2) is 49.1 Å². The zero-order valence-corrected chi connectivity index (χ0v) is 15.4. The van der Waals surface area contributed by atoms with Gasteiger partial charge in [0.15, 0.2) is 11.5 Å². The van der Waals surface area contributed by atoms with Crippen LogP contribution in [0.5, 0.6) is 11.5 Å². The first-order valence-corrected chi connectivity index (χ1v) is 8.68. The van der Waals surface area contributed by atoms with Gasteiger partial charge in [0.05, 0.1) is 13.2 Å². The highest BCUT2D eigenvalue weighted by Crippen LogP contribution is 2.37. The van der Waals surface area contributed by atoms with E-state index >= 15 is 0 Å². The molecule has 2 amide bonds. The van der Waals surface area contributed by atoms with Gasteiger partial charge in [-0.05, 0) is 60.9 Å². The fourth-order valence-electron chi connectivity index (χ4n) is 3.37. The minimum Gasteiger partial charge on any atom is -0.504 e. The Kier molecular flexibility index (Phi) is 5.16. The zero-order valence-electron chi connectivity index (χ0n) is 15.4. The van der Waals surface area contributed by atoms with Crippen LogP contribution in [0.3, 0.4) is 0 Å². The van der Waals surface area contributed by atoms with Gasteiger partial charge in [0.1, 0.15) is 0 Å². The monoisotopic (exact) mass is 366 g/mol. The molecule has 0 aromatic heterocycles. The average Bonchev–Trinajstić information content (AvgIpc) is 2.67. The van der Waals surface area contributed by atoms with Crippen LogP contribution in [0.2, 0.25) is 0 Å². The quantitative estimate of drug-likeness (QED) is 0.814. The number of methoxy groups -OCH3 is 1. The number of benzene rings is 2. The molecular formula is C21H22N2O4. The first-order valence-electron chi connectivity index (χ1n) is 8.68. The number of fused-ring (bicyclic) bond motifs is 1. The molecule has 0 aliphatic carbocycles. The molecule has 1 aliphatic rings. The highest BCUT2D eigenvalue weighted by atomic mass is 16.5. The van der Waals surface area contributed by atoms with Crippen molar-refractivity contribution in [3.8, 4) is 11.5 Å². The lowest BCUT2D eigenvalue weighted by molar-refractivity contribution is -0.111. The van der Waals surface area contributed by atoms with E-state index < -0.39 is 0 Å². The van der Waals surface area contributed by atoms with Crippen LogP contribution in [0, 0.1) is 0 Å². The smallest absolute Gasteiger partial charge is 0.254 e. The topological polar surface area (TPSA) is 78.9 Å². The number of carbonyl (C=O) groups is 2. The van der Waals surface area contributed by atoms with Gasteiger partial charge in [0, 0.05) is 17.8 Å². The molecule has 27 heavy (non-hydrogen) atoms. The number of hydrogen-bond donors (Lipinski definition) is 2. The number of carbonyl (C=O) groups excluding carboxylic acids is 2. The number of nitrogens with one attached hydrogen (secondary N) is 1. The molecule has 1 atom stereocenters. The van der Waals surface area contributed by atoms with E-state index in [4.69, 9.17) is 4.74 Å². The van der Waals surface area contributed by atoms with Gasteiger partial charge in [-0.15, -0.1) is 0 Å². The van der Waals surface area contributed by atoms with Gasteiger partial charge >= 0.3 is 0 Å². The second-order valence-corrected chi connectivity index (χ2v) is 6.42. The molecular weight excluding hydrogens is 344 g/mol. The molecule has 0 saturated carbocycles. The first kappa shape index (κ1) is 18.5. The van der Waals surface area contributed by atoms with Crippen LogP contribution in [-0.4, -0.2) is 35.5 Å². The average molecular weight is 366 g/mol. The van der Waals surface area contributed by atoms with Crippen LogP contribution in [0.25, 0.3) is 0 Å². The number of aromatic hydroxyl groups is 1. The van der Waals surface area contributed by atoms with Crippen molar-refractivity contribution < 1.29 is 19.4 Å². The summed E-state index contributed by atoms with van der Waals surface area (Å²) in [6.07, 6.45) is 1.83. The van der Waals surface area contributed by atoms with E-state index in [1.807, 2.05) is 6.92 Å². The molecule has 2 N–H and O–H groups in total. The van der Waals surface area contributed by atoms with Crippen molar-refractivity contribution in [3.63, 3.8) is 0 Å². The molecule has 2 aromatic carbocycles. The summed E-state index contributed by atoms with van der Waals surface area (Å²) in [7, 11) is 1.50. The van der Waals surface area contributed by atoms with Gasteiger partial charge in [0.2, 0.25) is 5.91 Å². The van der Waals surface area contributed by atoms with Crippen molar-refractivity contribution >= 4 is 17.5 Å². The number of ether oxygens (including phenoxy) is 1. The van der Waals surface area contributed by atoms with Crippen LogP contribution in [0.4, 0.5) is 5.69 Å². The predicted molar refractivity (Wildman–Crippen MR) is 103 cm³/mol. The Bertz CT molecular complexity index is 907. The number of amides is 2. The molecule has 6 heteroatoms. The van der Waals surface area contributed by atoms with Gasteiger partial charge in [0.25, 0.3) is 5.91 Å². The van der Waals surface area contributed by atoms with Crippen LogP contribution >= 0.6 is 0 Å². The molecule has 0 bridgehead atoms. The third kappa shape index (κ3) is 3.65. The molecule has 3 rings (SSSR count). The van der Waals surface area contributed by atoms with E-state index in [-0.39, 0.29) is 23.6 Å². The Morgan fingerprint density at radius 3 is 2.81 bits per heavy atom. The number of phenols is 1. The van der Waals surface area contributed by atoms with E-state index in [1.54, 1.807) is 41.3 Å². The fraction of sp³-hybridized carbons (Fsp3) is 0.238. The Hall–Kier alpha value is -3.28. The minimum atomic E-state index is -0.327. The summed E-state index contributed by atoms with van der Waals surface area (Å²) >= 11 is 0. The first-order chi connectivity index (χ1) is 12.9. The van der Waals surface area contributed by atoms with Crippen LogP contribution in [-0.2, 0) is 11.2 Å². The summed E-state index contributed by atoms with van der Waals surface area (Å²) in [5.74, 6) is 0.0552. The van der Waals surface area contributed by atoms with Gasteiger partial charge in [-0.25, -0.2) is 0 Å². The van der Waals surface area contributed by atoms with Gasteiger partial charge in [-0.1, -0.05) is 12.6 Å². The standard InChI is InChI=1S/C21H22N2O4/c1-4-20(25)22-16-7-5-6-15(10-16)21(26)23-9-8-14-11-18(24)19(27-3)12-17(14)13(23)2/h4-7,10-13,24H,1,8-9H2,2-3H3,(H,22,25). The summed E-state index contributed by atoms with van der Waals surface area (Å²) < 4.78 is 5.20. The lowest BCUT2D eigenvalue weighted by Crippen LogP contribution is -2.38. The Labute approximate surface area is 158 Å². The molecule has 0 saturated heterocycles. The molecule has 140 valence electrons. The molecule has 0 fully saturated rings. The zero-order chi connectivity index (χ0) is 19.6. The SMILES string of the molecule is C=CC(=O)Nc1cccc(C(=O)N2CCc3cc(O)c(OC)cc3C2C)c1. The number of hydrogen-bond acceptors (Lipinski definition) is 4. The van der Waals surface area contributed by atoms with Crippen LogP contribution < -0.4 is 10.1 Å². The van der Waals surface area contributed by atoms with E-state index in [1.165, 1.54) is 13.2 Å². The van der Waals surface area contributed by atoms with Crippen molar-refractivity contribution in [2.45, 2.75) is 19.4 Å². The minimum absolute atomic E-state index is 0.105. The Morgan fingerprint density at radius 1 is 1.33 bits per heavy atom. The largest absolute Gasteiger partial charge is 0.504 e. The number of phenolic OH excluding ortho intramolecular Hbond substituents is 1. The lowest BCUT2D eigenvalue weighted by Gasteiger charge is -2.35. The maximum atomic E-state index is 13.1. The molecule has 6 nitrogen and oxygen atoms in total. The molecule has 1 aliphatic heterocycles. The maximum absolute atomic E-state index is 13.1. The third-order valence-electron chi connectivity index (χ3n) is 4.80. The van der Waals surface area contributed by atoms with E-state index in [0.29, 0.717) is 30.0 Å². The summed E-state index contributed by atoms with van der Waals surface area (Å²) in [5.41, 5.74) is 3.01. The Morgan fingerprint density at radius 2 is 2.11 bits per heavy atom. The van der Waals surface area contributed by atoms with E-state index in [0.717, 1.165) is 11.1 Å². The van der Waals surface area contributed by atoms with Crippen molar-refractivity contribution in [1.29, 1.82) is 0 Å². The summed E-state index contributed by atoms with van der Waals surface area (Å²) in [4.78, 5) is 26.3. The van der Waals surface area contributed by atoms with Crippen molar-refractivity contribution in [1.82, 2.24) is 4.90 Å². The molecule has 1 unspecified atom stereocenters. The molecule has 0 spiro atoms. The highest BCUT2D eigenvalue weighted by molar-refractivity contribution is 6.01. The summed E-state index contributed by atoms with van der Waals surface area (Å²) in [5, 5.41) is 12.6. The van der Waals surface area contributed by atoms with Gasteiger partial charge in [-0.2, -0.15) is 0 Å². The second kappa shape index (κ2) is 7.53. The number of nitrogens with zero attached hydrogens (tertiary/aromatic N) is 1. The predicted octanol–water partition coefficient (Wildman–Crippen LogP) is 3.28. The summed E-state index contributed by atoms with van der Waals surface area (Å²) in [6.45, 7) is 5.92. The number of rotatable bonds is 4. The van der Waals surface area contributed by atoms with Crippen molar-refractivity contribution in [3.05, 3.63) is 65.7 Å². The normalized spacial score (nSPS) is 15.6. The maximum Gasteiger partial charge on any atom is 0.254 e. The molecule has 1 heterocycles. The Balaban J connectivity index is 1.87. The highest BCUT2D eigenvalue weighted by Gasteiger charge is 2.29. The molecule has 2 aromatic rings. The number of anilines is 1. The third-order valence-corrected chi connectivity index (χ3v) is 4.80. The van der Waals surface area contributed by atoms with E-state index in [9.17, 15) is 14.7 Å². The lowest BCUT2D eigenvalue weighted by atomic mass is 9.92. The van der Waals surface area contributed by atoms with Crippen molar-refractivity contribution in [2.75, 3.05) is 19.0 Å². The van der Waals surface area contributed by atoms with Crippen molar-refractivity contribution in [2.24, 2.45) is 0 Å². The summed E-state index contributed by atoms with van der Waals surface area (Å²) in [6, 6.07) is 10.2. The second-order valence-electron chi connectivity index (χ2n) is 6.42. The van der Waals surface area contributed by atoms with Crippen LogP contribution in [0.1, 0.15) is 34.5 Å². The van der Waals surface area contributed by atoms with Gasteiger partial charge < -0.3 is 20.1 Å². The fourth-order valence-corrected chi connectivity index (χ4v) is 3.37. The van der Waals surface area contributed by atoms with Gasteiger partial charge in [-0.3, -0.25) is 9.59 Å². The molecule has 0 radical (unpaired) electrons.